The van der Waals surface area contributed by atoms with Crippen LogP contribution in [0, 0.1) is 13.5 Å². The Morgan fingerprint density at radius 1 is 1.46 bits per heavy atom. The fraction of sp³-hybridized carbons (Fsp3) is 0.300. The first kappa shape index (κ1) is 10.0. The highest BCUT2D eigenvalue weighted by atomic mass is 16.5. The second-order valence-corrected chi connectivity index (χ2v) is 2.79. The molecule has 0 fully saturated rings. The first-order valence-corrected chi connectivity index (χ1v) is 4.08. The molecule has 0 heterocycles. The molecule has 0 aliphatic rings. The van der Waals surface area contributed by atoms with Gasteiger partial charge >= 0.3 is 0 Å². The zero-order valence-electron chi connectivity index (χ0n) is 7.47. The number of aliphatic hydroxyl groups excluding tert-OH is 2. The summed E-state index contributed by atoms with van der Waals surface area (Å²) >= 11 is 0. The van der Waals surface area contributed by atoms with Gasteiger partial charge in [-0.15, -0.1) is 0 Å². The predicted octanol–water partition coefficient (Wildman–Crippen LogP) is 1.27. The zero-order valence-corrected chi connectivity index (χ0v) is 7.47. The highest BCUT2D eigenvalue weighted by Crippen LogP contribution is 2.16. The number of para-hydroxylation sites is 1. The lowest BCUT2D eigenvalue weighted by Crippen LogP contribution is -2.17. The number of benzene rings is 1. The SMILES string of the molecule is Cc1ccccc1OCC(O)[CH]O. The third-order valence-corrected chi connectivity index (χ3v) is 1.68. The van der Waals surface area contributed by atoms with E-state index in [1.165, 1.54) is 0 Å². The minimum absolute atomic E-state index is 0.0708. The third-order valence-electron chi connectivity index (χ3n) is 1.68. The maximum atomic E-state index is 8.98. The molecule has 0 aromatic heterocycles. The van der Waals surface area contributed by atoms with E-state index in [1.54, 1.807) is 0 Å². The molecule has 0 bridgehead atoms. The van der Waals surface area contributed by atoms with E-state index in [2.05, 4.69) is 0 Å². The molecule has 2 N–H and O–H groups in total. The quantitative estimate of drug-likeness (QED) is 0.735. The molecule has 3 heteroatoms. The summed E-state index contributed by atoms with van der Waals surface area (Å²) in [5.74, 6) is 0.725. The lowest BCUT2D eigenvalue weighted by Gasteiger charge is -2.10. The molecular formula is C10H13O3. The number of rotatable bonds is 4. The molecule has 0 saturated carbocycles. The van der Waals surface area contributed by atoms with E-state index in [0.717, 1.165) is 11.3 Å². The molecule has 0 saturated heterocycles. The Labute approximate surface area is 77.6 Å². The van der Waals surface area contributed by atoms with Crippen LogP contribution in [0.3, 0.4) is 0 Å². The molecule has 0 amide bonds. The van der Waals surface area contributed by atoms with Crippen LogP contribution in [0.5, 0.6) is 5.75 Å². The zero-order chi connectivity index (χ0) is 9.68. The van der Waals surface area contributed by atoms with Crippen LogP contribution in [-0.2, 0) is 0 Å². The molecule has 0 aliphatic heterocycles. The van der Waals surface area contributed by atoms with Gasteiger partial charge in [-0.1, -0.05) is 18.2 Å². The van der Waals surface area contributed by atoms with Gasteiger partial charge in [0.05, 0.1) is 0 Å². The molecule has 1 atom stereocenters. The monoisotopic (exact) mass is 181 g/mol. The van der Waals surface area contributed by atoms with Crippen LogP contribution in [0.25, 0.3) is 0 Å². The van der Waals surface area contributed by atoms with Crippen molar-refractivity contribution in [2.45, 2.75) is 13.0 Å². The molecule has 3 nitrogen and oxygen atoms in total. The predicted molar refractivity (Wildman–Crippen MR) is 48.9 cm³/mol. The van der Waals surface area contributed by atoms with E-state index < -0.39 is 6.10 Å². The van der Waals surface area contributed by atoms with Crippen LogP contribution in [0.1, 0.15) is 5.56 Å². The van der Waals surface area contributed by atoms with E-state index in [-0.39, 0.29) is 6.61 Å². The molecule has 1 rings (SSSR count). The van der Waals surface area contributed by atoms with Crippen molar-refractivity contribution < 1.29 is 14.9 Å². The lowest BCUT2D eigenvalue weighted by molar-refractivity contribution is 0.0912. The van der Waals surface area contributed by atoms with Crippen LogP contribution in [-0.4, -0.2) is 22.9 Å². The molecular weight excluding hydrogens is 168 g/mol. The van der Waals surface area contributed by atoms with Crippen LogP contribution in [0.4, 0.5) is 0 Å². The van der Waals surface area contributed by atoms with Gasteiger partial charge in [0, 0.05) is 0 Å². The second-order valence-electron chi connectivity index (χ2n) is 2.79. The van der Waals surface area contributed by atoms with Crippen molar-refractivity contribution in [1.82, 2.24) is 0 Å². The Morgan fingerprint density at radius 2 is 2.15 bits per heavy atom. The van der Waals surface area contributed by atoms with Crippen LogP contribution in [0.2, 0.25) is 0 Å². The summed E-state index contributed by atoms with van der Waals surface area (Å²) < 4.78 is 5.25. The molecule has 1 unspecified atom stereocenters. The Kier molecular flexibility index (Phi) is 3.73. The Hall–Kier alpha value is -1.06. The summed E-state index contributed by atoms with van der Waals surface area (Å²) in [6, 6.07) is 7.51. The molecule has 1 aromatic carbocycles. The molecule has 1 radical (unpaired) electrons. The Morgan fingerprint density at radius 3 is 2.77 bits per heavy atom. The highest BCUT2D eigenvalue weighted by Gasteiger charge is 2.04. The molecule has 71 valence electrons. The normalized spacial score (nSPS) is 12.5. The molecule has 0 aliphatic carbocycles. The number of aryl methyl sites for hydroxylation is 1. The number of aliphatic hydroxyl groups is 2. The van der Waals surface area contributed by atoms with Gasteiger partial charge in [-0.05, 0) is 18.6 Å². The van der Waals surface area contributed by atoms with Crippen LogP contribution >= 0.6 is 0 Å². The second kappa shape index (κ2) is 4.84. The van der Waals surface area contributed by atoms with Crippen molar-refractivity contribution >= 4 is 0 Å². The smallest absolute Gasteiger partial charge is 0.122 e. The maximum Gasteiger partial charge on any atom is 0.122 e. The van der Waals surface area contributed by atoms with Gasteiger partial charge < -0.3 is 14.9 Å². The average Bonchev–Trinajstić information content (AvgIpc) is 2.16. The van der Waals surface area contributed by atoms with Gasteiger partial charge in [-0.3, -0.25) is 0 Å². The molecule has 13 heavy (non-hydrogen) atoms. The summed E-state index contributed by atoms with van der Waals surface area (Å²) in [7, 11) is 0. The first-order valence-electron chi connectivity index (χ1n) is 4.08. The van der Waals surface area contributed by atoms with E-state index >= 15 is 0 Å². The van der Waals surface area contributed by atoms with Crippen molar-refractivity contribution in [2.75, 3.05) is 6.61 Å². The largest absolute Gasteiger partial charge is 0.491 e. The van der Waals surface area contributed by atoms with Gasteiger partial charge in [0.25, 0.3) is 0 Å². The number of hydrogen-bond acceptors (Lipinski definition) is 3. The average molecular weight is 181 g/mol. The Balaban J connectivity index is 2.50. The summed E-state index contributed by atoms with van der Waals surface area (Å²) in [6.07, 6.45) is -0.931. The topological polar surface area (TPSA) is 49.7 Å². The van der Waals surface area contributed by atoms with Gasteiger partial charge in [0.2, 0.25) is 0 Å². The lowest BCUT2D eigenvalue weighted by atomic mass is 10.2. The number of ether oxygens (including phenoxy) is 1. The van der Waals surface area contributed by atoms with Crippen LogP contribution < -0.4 is 4.74 Å². The van der Waals surface area contributed by atoms with Crippen molar-refractivity contribution in [3.63, 3.8) is 0 Å². The molecule has 1 aromatic rings. The van der Waals surface area contributed by atoms with Crippen molar-refractivity contribution in [3.8, 4) is 5.75 Å². The van der Waals surface area contributed by atoms with E-state index in [4.69, 9.17) is 14.9 Å². The first-order chi connectivity index (χ1) is 6.24. The Bertz CT molecular complexity index is 260. The molecule has 0 spiro atoms. The van der Waals surface area contributed by atoms with Crippen LogP contribution in [0.15, 0.2) is 24.3 Å². The minimum Gasteiger partial charge on any atom is -0.491 e. The number of hydrogen-bond donors (Lipinski definition) is 2. The summed E-state index contributed by atoms with van der Waals surface area (Å²) in [5.41, 5.74) is 1.01. The van der Waals surface area contributed by atoms with Gasteiger partial charge in [-0.25, -0.2) is 0 Å². The summed E-state index contributed by atoms with van der Waals surface area (Å²) in [6.45, 7) is 2.70. The van der Waals surface area contributed by atoms with Crippen molar-refractivity contribution in [1.29, 1.82) is 0 Å². The maximum absolute atomic E-state index is 8.98. The van der Waals surface area contributed by atoms with Gasteiger partial charge in [0.15, 0.2) is 0 Å². The highest BCUT2D eigenvalue weighted by molar-refractivity contribution is 5.31. The minimum atomic E-state index is -0.931. The fourth-order valence-electron chi connectivity index (χ4n) is 0.937. The summed E-state index contributed by atoms with van der Waals surface area (Å²) in [5, 5.41) is 17.4. The van der Waals surface area contributed by atoms with E-state index in [9.17, 15) is 0 Å². The fourth-order valence-corrected chi connectivity index (χ4v) is 0.937. The van der Waals surface area contributed by atoms with E-state index in [1.807, 2.05) is 31.2 Å². The van der Waals surface area contributed by atoms with Gasteiger partial charge in [0.1, 0.15) is 25.1 Å². The third kappa shape index (κ3) is 3.05. The summed E-state index contributed by atoms with van der Waals surface area (Å²) in [4.78, 5) is 0. The standard InChI is InChI=1S/C10H13O3/c1-8-4-2-3-5-10(8)13-7-9(12)6-11/h2-6,9,11-12H,7H2,1H3. The van der Waals surface area contributed by atoms with Gasteiger partial charge in [-0.2, -0.15) is 0 Å². The van der Waals surface area contributed by atoms with E-state index in [0.29, 0.717) is 6.61 Å². The van der Waals surface area contributed by atoms with Crippen molar-refractivity contribution in [3.05, 3.63) is 36.4 Å². The van der Waals surface area contributed by atoms with Crippen molar-refractivity contribution in [2.24, 2.45) is 0 Å².